The molecule has 2 aromatic heterocycles. The Hall–Kier alpha value is -1.87. The molecule has 106 valence electrons. The van der Waals surface area contributed by atoms with E-state index in [1.54, 1.807) is 0 Å². The van der Waals surface area contributed by atoms with Crippen LogP contribution in [0.15, 0.2) is 39.8 Å². The van der Waals surface area contributed by atoms with Gasteiger partial charge in [0.15, 0.2) is 11.6 Å². The van der Waals surface area contributed by atoms with Gasteiger partial charge in [0.05, 0.1) is 12.9 Å². The Labute approximate surface area is 120 Å². The van der Waals surface area contributed by atoms with E-state index in [0.717, 1.165) is 15.6 Å². The predicted octanol–water partition coefficient (Wildman–Crippen LogP) is 1.14. The second kappa shape index (κ2) is 6.06. The van der Waals surface area contributed by atoms with Gasteiger partial charge in [-0.15, -0.1) is 0 Å². The van der Waals surface area contributed by atoms with Gasteiger partial charge in [0.2, 0.25) is 0 Å². The number of pyridine rings is 1. The molecule has 0 saturated carbocycles. The summed E-state index contributed by atoms with van der Waals surface area (Å²) in [4.78, 5) is 15.8. The molecule has 0 aliphatic rings. The van der Waals surface area contributed by atoms with Crippen molar-refractivity contribution in [1.82, 2.24) is 19.3 Å². The monoisotopic (exact) mass is 345 g/mol. The van der Waals surface area contributed by atoms with E-state index in [2.05, 4.69) is 26.0 Å². The molecule has 0 aliphatic carbocycles. The van der Waals surface area contributed by atoms with E-state index in [-0.39, 0.29) is 24.5 Å². The second-order valence-electron chi connectivity index (χ2n) is 3.87. The van der Waals surface area contributed by atoms with Gasteiger partial charge in [0, 0.05) is 17.2 Å². The highest BCUT2D eigenvalue weighted by atomic mass is 79.9. The second-order valence-corrected chi connectivity index (χ2v) is 4.79. The van der Waals surface area contributed by atoms with E-state index in [0.29, 0.717) is 10.8 Å². The maximum Gasteiger partial charge on any atom is 0.351 e. The normalized spacial score (nSPS) is 11.9. The minimum absolute atomic E-state index is 0.0410. The number of aromatic nitrogens is 4. The van der Waals surface area contributed by atoms with Crippen molar-refractivity contribution in [2.24, 2.45) is 5.73 Å². The van der Waals surface area contributed by atoms with Gasteiger partial charge in [-0.3, -0.25) is 0 Å². The average molecular weight is 346 g/mol. The van der Waals surface area contributed by atoms with Crippen molar-refractivity contribution >= 4 is 15.9 Å². The molecule has 20 heavy (non-hydrogen) atoms. The molecule has 0 fully saturated rings. The molecule has 2 rings (SSSR count). The van der Waals surface area contributed by atoms with Gasteiger partial charge in [-0.05, 0) is 27.6 Å². The quantitative estimate of drug-likeness (QED) is 0.901. The lowest BCUT2D eigenvalue weighted by atomic mass is 10.3. The highest BCUT2D eigenvalue weighted by Gasteiger charge is 2.13. The van der Waals surface area contributed by atoms with Crippen molar-refractivity contribution in [3.63, 3.8) is 0 Å². The maximum absolute atomic E-state index is 13.7. The summed E-state index contributed by atoms with van der Waals surface area (Å²) in [5.41, 5.74) is 4.87. The van der Waals surface area contributed by atoms with Crippen LogP contribution in [0.4, 0.5) is 8.78 Å². The third-order valence-electron chi connectivity index (χ3n) is 2.52. The first-order chi connectivity index (χ1) is 9.56. The minimum atomic E-state index is -0.680. The van der Waals surface area contributed by atoms with Crippen LogP contribution < -0.4 is 11.4 Å². The number of hydrogen-bond donors (Lipinski definition) is 1. The Balaban J connectivity index is 2.41. The molecule has 0 saturated heterocycles. The molecule has 0 radical (unpaired) electrons. The molecule has 0 spiro atoms. The molecule has 0 unspecified atom stereocenters. The molecule has 0 aromatic carbocycles. The molecule has 6 nitrogen and oxygen atoms in total. The van der Waals surface area contributed by atoms with Crippen molar-refractivity contribution in [3.05, 3.63) is 51.3 Å². The van der Waals surface area contributed by atoms with Gasteiger partial charge in [0.1, 0.15) is 6.33 Å². The van der Waals surface area contributed by atoms with E-state index in [9.17, 15) is 13.6 Å². The largest absolute Gasteiger partial charge is 0.351 e. The van der Waals surface area contributed by atoms with Crippen LogP contribution in [0.2, 0.25) is 0 Å². The first-order valence-electron chi connectivity index (χ1n) is 5.51. The zero-order valence-electron chi connectivity index (χ0n) is 10.1. The molecule has 2 aromatic rings. The third-order valence-corrected chi connectivity index (χ3v) is 2.95. The van der Waals surface area contributed by atoms with Gasteiger partial charge < -0.3 is 5.73 Å². The number of nitrogens with two attached hydrogens (primary N) is 1. The lowest BCUT2D eigenvalue weighted by molar-refractivity contribution is 0.595. The number of hydrogen-bond acceptors (Lipinski definition) is 4. The fraction of sp³-hybridized carbons (Fsp3) is 0.182. The summed E-state index contributed by atoms with van der Waals surface area (Å²) in [6.45, 7) is -0.141. The molecule has 0 amide bonds. The molecule has 2 heterocycles. The lowest BCUT2D eigenvalue weighted by Crippen LogP contribution is -2.26. The van der Waals surface area contributed by atoms with Crippen LogP contribution >= 0.6 is 15.9 Å². The first-order valence-corrected chi connectivity index (χ1v) is 6.30. The fourth-order valence-electron chi connectivity index (χ4n) is 1.51. The summed E-state index contributed by atoms with van der Waals surface area (Å²) in [6.07, 6.45) is 2.80. The van der Waals surface area contributed by atoms with Gasteiger partial charge in [-0.2, -0.15) is 5.10 Å². The topological polar surface area (TPSA) is 78.7 Å². The molecule has 0 atom stereocenters. The highest BCUT2D eigenvalue weighted by molar-refractivity contribution is 9.10. The smallest absolute Gasteiger partial charge is 0.327 e. The molecule has 9 heteroatoms. The standard InChI is InChI=1S/C11H10BrF2N5O/c12-8-1-9(14)10(16-4-8)18-6-17-19(11(18)20)5-7(2-13)3-15/h1-2,4,6H,3,5,15H2/b7-2-. The van der Waals surface area contributed by atoms with Crippen molar-refractivity contribution < 1.29 is 8.78 Å². The Kier molecular flexibility index (Phi) is 4.40. The van der Waals surface area contributed by atoms with Gasteiger partial charge in [-0.1, -0.05) is 0 Å². The summed E-state index contributed by atoms with van der Waals surface area (Å²) in [6, 6.07) is 1.18. The Morgan fingerprint density at radius 1 is 1.55 bits per heavy atom. The fourth-order valence-corrected chi connectivity index (χ4v) is 1.81. The minimum Gasteiger partial charge on any atom is -0.327 e. The summed E-state index contributed by atoms with van der Waals surface area (Å²) >= 11 is 3.07. The first kappa shape index (κ1) is 14.5. The summed E-state index contributed by atoms with van der Waals surface area (Å²) in [5, 5.41) is 3.78. The molecule has 2 N–H and O–H groups in total. The SMILES string of the molecule is NC/C(=C/F)Cn1ncn(-c2ncc(Br)cc2F)c1=O. The molecular formula is C11H10BrF2N5O. The summed E-state index contributed by atoms with van der Waals surface area (Å²) in [5.74, 6) is -0.857. The number of halogens is 3. The van der Waals surface area contributed by atoms with Crippen molar-refractivity contribution in [2.45, 2.75) is 6.54 Å². The molecule has 0 bridgehead atoms. The maximum atomic E-state index is 13.7. The van der Waals surface area contributed by atoms with Crippen LogP contribution in [0.5, 0.6) is 0 Å². The Bertz CT molecular complexity index is 709. The van der Waals surface area contributed by atoms with Gasteiger partial charge >= 0.3 is 5.69 Å². The predicted molar refractivity (Wildman–Crippen MR) is 71.5 cm³/mol. The van der Waals surface area contributed by atoms with Gasteiger partial charge in [0.25, 0.3) is 0 Å². The number of nitrogens with zero attached hydrogens (tertiary/aromatic N) is 4. The highest BCUT2D eigenvalue weighted by Crippen LogP contribution is 2.14. The van der Waals surface area contributed by atoms with Crippen LogP contribution in [0.3, 0.4) is 0 Å². The number of rotatable bonds is 4. The van der Waals surface area contributed by atoms with Crippen molar-refractivity contribution in [1.29, 1.82) is 0 Å². The van der Waals surface area contributed by atoms with E-state index in [4.69, 9.17) is 5.73 Å². The zero-order chi connectivity index (χ0) is 14.7. The summed E-state index contributed by atoms with van der Waals surface area (Å²) in [7, 11) is 0. The van der Waals surface area contributed by atoms with Crippen LogP contribution in [0.25, 0.3) is 5.82 Å². The Morgan fingerprint density at radius 3 is 2.90 bits per heavy atom. The van der Waals surface area contributed by atoms with Crippen LogP contribution in [0.1, 0.15) is 0 Å². The van der Waals surface area contributed by atoms with Gasteiger partial charge in [-0.25, -0.2) is 27.8 Å². The van der Waals surface area contributed by atoms with E-state index in [1.807, 2.05) is 0 Å². The van der Waals surface area contributed by atoms with Crippen LogP contribution in [0, 0.1) is 5.82 Å². The zero-order valence-corrected chi connectivity index (χ0v) is 11.7. The van der Waals surface area contributed by atoms with Crippen molar-refractivity contribution in [2.75, 3.05) is 6.54 Å². The average Bonchev–Trinajstić information content (AvgIpc) is 2.77. The third kappa shape index (κ3) is 2.83. The van der Waals surface area contributed by atoms with Crippen LogP contribution in [-0.2, 0) is 6.54 Å². The molecule has 0 aliphatic heterocycles. The van der Waals surface area contributed by atoms with E-state index < -0.39 is 11.5 Å². The lowest BCUT2D eigenvalue weighted by Gasteiger charge is -2.02. The van der Waals surface area contributed by atoms with E-state index >= 15 is 0 Å². The van der Waals surface area contributed by atoms with Crippen molar-refractivity contribution in [3.8, 4) is 5.82 Å². The summed E-state index contributed by atoms with van der Waals surface area (Å²) < 4.78 is 28.5. The molecular weight excluding hydrogens is 336 g/mol. The van der Waals surface area contributed by atoms with E-state index in [1.165, 1.54) is 12.3 Å². The van der Waals surface area contributed by atoms with Crippen LogP contribution in [-0.4, -0.2) is 25.9 Å². The Morgan fingerprint density at radius 2 is 2.30 bits per heavy atom.